The van der Waals surface area contributed by atoms with Crippen LogP contribution in [-0.2, 0) is 17.0 Å². The Morgan fingerprint density at radius 2 is 2.00 bits per heavy atom. The minimum absolute atomic E-state index is 0.576. The number of benzene rings is 1. The second kappa shape index (κ2) is 8.30. The number of thioether (sulfide) groups is 1. The maximum atomic E-state index is 6.41. The molecule has 0 aliphatic rings. The number of nitrogens with two attached hydrogens (primary N) is 1. The molecule has 0 aliphatic heterocycles. The van der Waals surface area contributed by atoms with Crippen molar-refractivity contribution in [1.82, 2.24) is 19.7 Å². The summed E-state index contributed by atoms with van der Waals surface area (Å²) in [4.78, 5) is 6.23. The molecule has 0 spiro atoms. The highest BCUT2D eigenvalue weighted by molar-refractivity contribution is 7.98. The van der Waals surface area contributed by atoms with Crippen LogP contribution in [0.3, 0.4) is 0 Å². The number of hydrogen-bond acceptors (Lipinski definition) is 7. The number of pyridine rings is 1. The van der Waals surface area contributed by atoms with Gasteiger partial charge in [-0.05, 0) is 24.6 Å². The third-order valence-corrected chi connectivity index (χ3v) is 6.60. The summed E-state index contributed by atoms with van der Waals surface area (Å²) < 4.78 is 7.39. The zero-order valence-electron chi connectivity index (χ0n) is 15.8. The zero-order chi connectivity index (χ0) is 19.5. The molecule has 0 atom stereocenters. The predicted octanol–water partition coefficient (Wildman–Crippen LogP) is 4.38. The summed E-state index contributed by atoms with van der Waals surface area (Å²) in [5.41, 5.74) is 9.62. The van der Waals surface area contributed by atoms with Gasteiger partial charge < -0.3 is 10.5 Å². The lowest BCUT2D eigenvalue weighted by molar-refractivity contribution is 0.185. The lowest BCUT2D eigenvalue weighted by Crippen LogP contribution is -2.07. The molecule has 6 nitrogen and oxygen atoms in total. The van der Waals surface area contributed by atoms with E-state index in [2.05, 4.69) is 50.9 Å². The number of thiophene rings is 1. The number of rotatable bonds is 7. The van der Waals surface area contributed by atoms with Crippen molar-refractivity contribution in [1.29, 1.82) is 0 Å². The topological polar surface area (TPSA) is 78.8 Å². The Labute approximate surface area is 171 Å². The Morgan fingerprint density at radius 3 is 2.75 bits per heavy atom. The lowest BCUT2D eigenvalue weighted by Gasteiger charge is -2.09. The SMILES string of the molecule is COCCn1c(SCc2ccc(C)cc2)nnc1-c1sc2ncccc2c1N. The number of fused-ring (bicyclic) bond motifs is 1. The molecule has 28 heavy (non-hydrogen) atoms. The molecule has 2 N–H and O–H groups in total. The van der Waals surface area contributed by atoms with E-state index in [1.165, 1.54) is 11.1 Å². The largest absolute Gasteiger partial charge is 0.397 e. The number of ether oxygens (including phenoxy) is 1. The van der Waals surface area contributed by atoms with Crippen LogP contribution in [0.1, 0.15) is 11.1 Å². The Morgan fingerprint density at radius 1 is 1.18 bits per heavy atom. The van der Waals surface area contributed by atoms with Gasteiger partial charge in [0.2, 0.25) is 0 Å². The maximum absolute atomic E-state index is 6.41. The van der Waals surface area contributed by atoms with Crippen molar-refractivity contribution in [3.8, 4) is 10.7 Å². The van der Waals surface area contributed by atoms with Crippen molar-refractivity contribution in [2.24, 2.45) is 0 Å². The van der Waals surface area contributed by atoms with Gasteiger partial charge in [-0.25, -0.2) is 4.98 Å². The Hall–Kier alpha value is -2.42. The van der Waals surface area contributed by atoms with E-state index in [1.807, 2.05) is 12.1 Å². The number of anilines is 1. The van der Waals surface area contributed by atoms with Crippen molar-refractivity contribution >= 4 is 39.0 Å². The van der Waals surface area contributed by atoms with Crippen LogP contribution in [0.25, 0.3) is 20.9 Å². The second-order valence-corrected chi connectivity index (χ2v) is 8.37. The smallest absolute Gasteiger partial charge is 0.191 e. The van der Waals surface area contributed by atoms with Gasteiger partial charge in [0.05, 0.1) is 23.7 Å². The first-order valence-electron chi connectivity index (χ1n) is 8.91. The van der Waals surface area contributed by atoms with Gasteiger partial charge in [0, 0.05) is 24.4 Å². The van der Waals surface area contributed by atoms with Gasteiger partial charge in [0.25, 0.3) is 0 Å². The molecule has 4 rings (SSSR count). The molecule has 4 aromatic rings. The van der Waals surface area contributed by atoms with Crippen LogP contribution in [0.5, 0.6) is 0 Å². The number of aromatic nitrogens is 4. The summed E-state index contributed by atoms with van der Waals surface area (Å²) in [5, 5.41) is 10.7. The molecule has 8 heteroatoms. The van der Waals surface area contributed by atoms with E-state index >= 15 is 0 Å². The summed E-state index contributed by atoms with van der Waals surface area (Å²) in [6, 6.07) is 12.4. The Bertz CT molecular complexity index is 1090. The molecule has 0 aliphatic carbocycles. The lowest BCUT2D eigenvalue weighted by atomic mass is 10.2. The first-order valence-corrected chi connectivity index (χ1v) is 10.7. The van der Waals surface area contributed by atoms with Crippen molar-refractivity contribution in [2.45, 2.75) is 24.4 Å². The summed E-state index contributed by atoms with van der Waals surface area (Å²) in [5.74, 6) is 1.60. The first kappa shape index (κ1) is 18.9. The summed E-state index contributed by atoms with van der Waals surface area (Å²) in [6.45, 7) is 3.33. The molecule has 0 saturated heterocycles. The van der Waals surface area contributed by atoms with Crippen LogP contribution in [0, 0.1) is 6.92 Å². The fourth-order valence-electron chi connectivity index (χ4n) is 2.90. The van der Waals surface area contributed by atoms with Gasteiger partial charge in [-0.15, -0.1) is 21.5 Å². The van der Waals surface area contributed by atoms with Gasteiger partial charge >= 0.3 is 0 Å². The highest BCUT2D eigenvalue weighted by Gasteiger charge is 2.20. The van der Waals surface area contributed by atoms with E-state index in [-0.39, 0.29) is 0 Å². The summed E-state index contributed by atoms with van der Waals surface area (Å²) in [7, 11) is 1.70. The second-order valence-electron chi connectivity index (χ2n) is 6.43. The monoisotopic (exact) mass is 411 g/mol. The molecule has 3 heterocycles. The van der Waals surface area contributed by atoms with Gasteiger partial charge in [-0.1, -0.05) is 41.6 Å². The predicted molar refractivity (Wildman–Crippen MR) is 116 cm³/mol. The van der Waals surface area contributed by atoms with Crippen LogP contribution in [0.4, 0.5) is 5.69 Å². The van der Waals surface area contributed by atoms with Gasteiger partial charge in [0.15, 0.2) is 11.0 Å². The number of methoxy groups -OCH3 is 1. The van der Waals surface area contributed by atoms with Crippen molar-refractivity contribution in [3.05, 3.63) is 53.7 Å². The van der Waals surface area contributed by atoms with Gasteiger partial charge in [-0.3, -0.25) is 4.57 Å². The van der Waals surface area contributed by atoms with Crippen LogP contribution in [-0.4, -0.2) is 33.5 Å². The molecular weight excluding hydrogens is 390 g/mol. The number of hydrogen-bond donors (Lipinski definition) is 1. The highest BCUT2D eigenvalue weighted by atomic mass is 32.2. The number of aryl methyl sites for hydroxylation is 1. The molecule has 144 valence electrons. The molecule has 0 fully saturated rings. The zero-order valence-corrected chi connectivity index (χ0v) is 17.4. The molecule has 0 unspecified atom stereocenters. The average molecular weight is 412 g/mol. The van der Waals surface area contributed by atoms with Crippen molar-refractivity contribution in [3.63, 3.8) is 0 Å². The highest BCUT2D eigenvalue weighted by Crippen LogP contribution is 2.40. The van der Waals surface area contributed by atoms with Crippen LogP contribution in [0.2, 0.25) is 0 Å². The first-order chi connectivity index (χ1) is 13.7. The molecular formula is C20H21N5OS2. The van der Waals surface area contributed by atoms with Gasteiger partial charge in [0.1, 0.15) is 4.83 Å². The van der Waals surface area contributed by atoms with E-state index in [1.54, 1.807) is 36.4 Å². The van der Waals surface area contributed by atoms with Gasteiger partial charge in [-0.2, -0.15) is 0 Å². The Balaban J connectivity index is 1.67. The fourth-order valence-corrected chi connectivity index (χ4v) is 4.87. The number of nitrogens with zero attached hydrogens (tertiary/aromatic N) is 4. The molecule has 0 bridgehead atoms. The van der Waals surface area contributed by atoms with Crippen LogP contribution >= 0.6 is 23.1 Å². The van der Waals surface area contributed by atoms with E-state index in [0.29, 0.717) is 18.8 Å². The van der Waals surface area contributed by atoms with E-state index in [0.717, 1.165) is 31.8 Å². The third kappa shape index (κ3) is 3.76. The summed E-state index contributed by atoms with van der Waals surface area (Å²) >= 11 is 3.21. The standard InChI is InChI=1S/C20H21N5OS2/c1-13-5-7-14(8-6-13)12-27-20-24-23-18(25(20)10-11-26-2)17-16(21)15-4-3-9-22-19(15)28-17/h3-9H,10-12,21H2,1-2H3. The van der Waals surface area contributed by atoms with E-state index < -0.39 is 0 Å². The normalized spacial score (nSPS) is 11.4. The van der Waals surface area contributed by atoms with E-state index in [9.17, 15) is 0 Å². The van der Waals surface area contributed by atoms with E-state index in [4.69, 9.17) is 10.5 Å². The summed E-state index contributed by atoms with van der Waals surface area (Å²) in [6.07, 6.45) is 1.78. The minimum Gasteiger partial charge on any atom is -0.397 e. The van der Waals surface area contributed by atoms with Crippen molar-refractivity contribution in [2.75, 3.05) is 19.5 Å². The molecule has 0 saturated carbocycles. The molecule has 3 aromatic heterocycles. The minimum atomic E-state index is 0.576. The molecule has 0 radical (unpaired) electrons. The Kier molecular flexibility index (Phi) is 5.61. The maximum Gasteiger partial charge on any atom is 0.191 e. The van der Waals surface area contributed by atoms with Crippen molar-refractivity contribution < 1.29 is 4.74 Å². The quantitative estimate of drug-likeness (QED) is 0.455. The molecule has 1 aromatic carbocycles. The third-order valence-electron chi connectivity index (χ3n) is 4.43. The van der Waals surface area contributed by atoms with Crippen LogP contribution in [0.15, 0.2) is 47.8 Å². The van der Waals surface area contributed by atoms with Crippen LogP contribution < -0.4 is 5.73 Å². The fraction of sp³-hybridized carbons (Fsp3) is 0.250. The number of nitrogen functional groups attached to an aromatic ring is 1. The average Bonchev–Trinajstić information content (AvgIpc) is 3.26. The molecule has 0 amide bonds.